The molecule has 2 heterocycles. The molecule has 1 unspecified atom stereocenters. The number of hydrogen-bond acceptors (Lipinski definition) is 8. The molecule has 0 saturated carbocycles. The Bertz CT molecular complexity index is 1260. The number of nitrogens with zero attached hydrogens (tertiary/aromatic N) is 2. The van der Waals surface area contributed by atoms with Crippen molar-refractivity contribution in [3.05, 3.63) is 81.7 Å². The Hall–Kier alpha value is -4.03. The number of halogens is 3. The zero-order chi connectivity index (χ0) is 26.1. The van der Waals surface area contributed by atoms with E-state index in [1.165, 1.54) is 24.4 Å². The highest BCUT2D eigenvalue weighted by atomic mass is 19.1. The molecule has 1 aromatic carbocycles. The molecule has 0 saturated heterocycles. The van der Waals surface area contributed by atoms with E-state index in [9.17, 15) is 22.8 Å². The summed E-state index contributed by atoms with van der Waals surface area (Å²) in [6.45, 7) is 0.355. The van der Waals surface area contributed by atoms with Crippen LogP contribution in [0.5, 0.6) is 0 Å². The van der Waals surface area contributed by atoms with E-state index in [2.05, 4.69) is 20.9 Å². The van der Waals surface area contributed by atoms with E-state index in [1.807, 2.05) is 0 Å². The summed E-state index contributed by atoms with van der Waals surface area (Å²) in [6, 6.07) is 6.20. The molecule has 0 fully saturated rings. The number of aromatic nitrogens is 2. The van der Waals surface area contributed by atoms with Crippen LogP contribution >= 0.6 is 0 Å². The first kappa shape index (κ1) is 26.6. The molecule has 12 heteroatoms. The summed E-state index contributed by atoms with van der Waals surface area (Å²) in [5, 5.41) is 16.3. The highest BCUT2D eigenvalue weighted by molar-refractivity contribution is 5.85. The number of likely N-dealkylation sites (N-methyl/N-ethyl adjacent to an activating group) is 1. The molecule has 0 spiro atoms. The van der Waals surface area contributed by atoms with Crippen molar-refractivity contribution < 1.29 is 22.7 Å². The zero-order valence-electron chi connectivity index (χ0n) is 19.4. The molecule has 3 rings (SSSR count). The Morgan fingerprint density at radius 2 is 1.89 bits per heavy atom. The van der Waals surface area contributed by atoms with Gasteiger partial charge in [0.1, 0.15) is 30.3 Å². The van der Waals surface area contributed by atoms with Crippen LogP contribution < -0.4 is 21.5 Å². The number of carbonyl (C=O) groups is 1. The van der Waals surface area contributed by atoms with E-state index in [1.54, 1.807) is 7.05 Å². The van der Waals surface area contributed by atoms with Crippen molar-refractivity contribution in [1.82, 2.24) is 14.9 Å². The fourth-order valence-electron chi connectivity index (χ4n) is 3.44. The van der Waals surface area contributed by atoms with E-state index in [0.29, 0.717) is 12.8 Å². The van der Waals surface area contributed by atoms with Crippen LogP contribution in [0, 0.1) is 22.9 Å². The van der Waals surface area contributed by atoms with Crippen molar-refractivity contribution in [2.45, 2.75) is 12.6 Å². The van der Waals surface area contributed by atoms with Crippen LogP contribution in [-0.2, 0) is 16.1 Å². The van der Waals surface area contributed by atoms with Gasteiger partial charge in [-0.05, 0) is 25.2 Å². The van der Waals surface area contributed by atoms with Gasteiger partial charge in [-0.3, -0.25) is 9.36 Å². The molecule has 4 N–H and O–H groups in total. The van der Waals surface area contributed by atoms with E-state index >= 15 is 0 Å². The van der Waals surface area contributed by atoms with Crippen LogP contribution in [0.1, 0.15) is 11.1 Å². The van der Waals surface area contributed by atoms with Gasteiger partial charge in [0.2, 0.25) is 0 Å². The summed E-state index contributed by atoms with van der Waals surface area (Å²) in [6.07, 6.45) is 3.28. The van der Waals surface area contributed by atoms with Gasteiger partial charge in [0.25, 0.3) is 5.56 Å². The second-order valence-electron chi connectivity index (χ2n) is 7.60. The van der Waals surface area contributed by atoms with E-state index in [-0.39, 0.29) is 54.1 Å². The van der Waals surface area contributed by atoms with Gasteiger partial charge < -0.3 is 30.9 Å². The summed E-state index contributed by atoms with van der Waals surface area (Å²) >= 11 is 0. The molecule has 9 nitrogen and oxygen atoms in total. The fourth-order valence-corrected chi connectivity index (χ4v) is 3.44. The third kappa shape index (κ3) is 6.34. The maximum absolute atomic E-state index is 14.6. The third-order valence-electron chi connectivity index (χ3n) is 5.23. The fraction of sp³-hybridized carbons (Fsp3) is 0.250. The highest BCUT2D eigenvalue weighted by Crippen LogP contribution is 2.19. The van der Waals surface area contributed by atoms with Crippen molar-refractivity contribution >= 4 is 24.0 Å². The normalized spacial score (nSPS) is 11.7. The van der Waals surface area contributed by atoms with E-state index in [0.717, 1.165) is 29.1 Å². The summed E-state index contributed by atoms with van der Waals surface area (Å²) in [4.78, 5) is 27.6. The number of nitrogens with one attached hydrogen (secondary N) is 4. The molecule has 0 aliphatic carbocycles. The van der Waals surface area contributed by atoms with Crippen LogP contribution in [0.15, 0.2) is 47.5 Å². The SMILES string of the molecule is CNCC(CNc1cc(-n2ccc(NCc3c(F)cccc3F)c(C=N)c2=O)c(F)cn1)OCC=O. The molecule has 0 aliphatic rings. The number of anilines is 2. The maximum Gasteiger partial charge on any atom is 0.266 e. The van der Waals surface area contributed by atoms with Gasteiger partial charge in [-0.2, -0.15) is 0 Å². The van der Waals surface area contributed by atoms with Crippen LogP contribution in [0.4, 0.5) is 24.7 Å². The summed E-state index contributed by atoms with van der Waals surface area (Å²) in [5.41, 5.74) is -1.03. The number of ether oxygens (including phenoxy) is 1. The predicted octanol–water partition coefficient (Wildman–Crippen LogP) is 2.47. The number of carbonyl (C=O) groups excluding carboxylic acids is 1. The molecule has 190 valence electrons. The van der Waals surface area contributed by atoms with Gasteiger partial charge in [-0.1, -0.05) is 6.07 Å². The lowest BCUT2D eigenvalue weighted by atomic mass is 10.1. The topological polar surface area (TPSA) is 121 Å². The molecular weight excluding hydrogens is 477 g/mol. The largest absolute Gasteiger partial charge is 0.380 e. The minimum Gasteiger partial charge on any atom is -0.380 e. The summed E-state index contributed by atoms with van der Waals surface area (Å²) in [5.74, 6) is -2.03. The van der Waals surface area contributed by atoms with Gasteiger partial charge in [0.15, 0.2) is 5.82 Å². The first-order valence-electron chi connectivity index (χ1n) is 10.9. The minimum absolute atomic E-state index is 0.0815. The molecule has 36 heavy (non-hydrogen) atoms. The third-order valence-corrected chi connectivity index (χ3v) is 5.23. The van der Waals surface area contributed by atoms with E-state index in [4.69, 9.17) is 10.1 Å². The first-order valence-corrected chi connectivity index (χ1v) is 10.9. The van der Waals surface area contributed by atoms with Crippen molar-refractivity contribution in [2.75, 3.05) is 37.4 Å². The molecule has 3 aromatic rings. The van der Waals surface area contributed by atoms with Crippen molar-refractivity contribution in [3.8, 4) is 5.69 Å². The predicted molar refractivity (Wildman–Crippen MR) is 130 cm³/mol. The van der Waals surface area contributed by atoms with Gasteiger partial charge in [0, 0.05) is 43.7 Å². The van der Waals surface area contributed by atoms with Gasteiger partial charge >= 0.3 is 0 Å². The van der Waals surface area contributed by atoms with E-state index < -0.39 is 23.0 Å². The second-order valence-corrected chi connectivity index (χ2v) is 7.60. The number of aldehydes is 1. The average molecular weight is 502 g/mol. The second kappa shape index (κ2) is 12.6. The van der Waals surface area contributed by atoms with Crippen LogP contribution in [0.3, 0.4) is 0 Å². The lowest BCUT2D eigenvalue weighted by molar-refractivity contribution is -0.113. The Labute approximate surface area is 204 Å². The molecule has 2 aromatic heterocycles. The standard InChI is InChI=1S/C24H25F3N6O3/c1-29-11-15(36-8-7-34)12-31-23-9-22(20(27)14-32-23)33-6-5-21(16(10-28)24(33)35)30-13-17-18(25)3-2-4-19(17)26/h2-7,9-10,14-15,28-30H,8,11-13H2,1H3,(H,31,32). The molecule has 0 bridgehead atoms. The Morgan fingerprint density at radius 3 is 2.56 bits per heavy atom. The monoisotopic (exact) mass is 502 g/mol. The van der Waals surface area contributed by atoms with Gasteiger partial charge in [-0.15, -0.1) is 0 Å². The molecule has 0 aliphatic heterocycles. The number of pyridine rings is 2. The minimum atomic E-state index is -0.781. The number of benzene rings is 1. The summed E-state index contributed by atoms with van der Waals surface area (Å²) < 4.78 is 48.9. The summed E-state index contributed by atoms with van der Waals surface area (Å²) in [7, 11) is 1.73. The Morgan fingerprint density at radius 1 is 1.14 bits per heavy atom. The van der Waals surface area contributed by atoms with Crippen LogP contribution in [0.25, 0.3) is 5.69 Å². The smallest absolute Gasteiger partial charge is 0.266 e. The van der Waals surface area contributed by atoms with Crippen molar-refractivity contribution in [2.24, 2.45) is 0 Å². The van der Waals surface area contributed by atoms with Crippen molar-refractivity contribution in [3.63, 3.8) is 0 Å². The lowest BCUT2D eigenvalue weighted by Gasteiger charge is -2.18. The van der Waals surface area contributed by atoms with Crippen LogP contribution in [0.2, 0.25) is 0 Å². The lowest BCUT2D eigenvalue weighted by Crippen LogP contribution is -2.33. The number of rotatable bonds is 13. The highest BCUT2D eigenvalue weighted by Gasteiger charge is 2.16. The van der Waals surface area contributed by atoms with Gasteiger partial charge in [0.05, 0.1) is 29.2 Å². The van der Waals surface area contributed by atoms with Crippen LogP contribution in [-0.4, -0.2) is 54.9 Å². The Kier molecular flexibility index (Phi) is 9.31. The maximum atomic E-state index is 14.6. The van der Waals surface area contributed by atoms with Crippen molar-refractivity contribution in [1.29, 1.82) is 5.41 Å². The molecule has 0 radical (unpaired) electrons. The molecular formula is C24H25F3N6O3. The molecule has 0 amide bonds. The average Bonchev–Trinajstić information content (AvgIpc) is 2.86. The number of hydrogen-bond donors (Lipinski definition) is 4. The molecule has 1 atom stereocenters. The Balaban J connectivity index is 1.85. The van der Waals surface area contributed by atoms with Gasteiger partial charge in [-0.25, -0.2) is 18.2 Å². The first-order chi connectivity index (χ1) is 17.4. The zero-order valence-corrected chi connectivity index (χ0v) is 19.4. The quantitative estimate of drug-likeness (QED) is 0.209.